The highest BCUT2D eigenvalue weighted by Gasteiger charge is 2.31. The molecule has 2 bridgehead atoms. The van der Waals surface area contributed by atoms with E-state index in [1.807, 2.05) is 6.07 Å². The molecule has 2 amide bonds. The number of nitrogens with zero attached hydrogens (tertiary/aromatic N) is 1. The molecule has 1 aromatic heterocycles. The molecule has 1 aromatic carbocycles. The Morgan fingerprint density at radius 2 is 2.08 bits per heavy atom. The molecule has 0 aliphatic carbocycles. The maximum atomic E-state index is 13.2. The first-order valence-electron chi connectivity index (χ1n) is 8.38. The van der Waals surface area contributed by atoms with Gasteiger partial charge in [-0.25, -0.2) is 9.18 Å². The van der Waals surface area contributed by atoms with Crippen molar-refractivity contribution in [1.29, 1.82) is 0 Å². The SMILES string of the molecule is O=C(Nc1cccc(F)c1)Nc1ccc2n(c1=O)C[C@H]1CNC[C@H]2C1. The number of carbonyl (C=O) groups is 1. The maximum Gasteiger partial charge on any atom is 0.323 e. The number of anilines is 2. The second kappa shape index (κ2) is 6.33. The number of piperidine rings is 1. The van der Waals surface area contributed by atoms with Gasteiger partial charge in [-0.3, -0.25) is 4.79 Å². The fraction of sp³-hybridized carbons (Fsp3) is 0.333. The molecule has 6 nitrogen and oxygen atoms in total. The second-order valence-corrected chi connectivity index (χ2v) is 6.63. The average Bonchev–Trinajstić information content (AvgIpc) is 2.58. The summed E-state index contributed by atoms with van der Waals surface area (Å²) >= 11 is 0. The lowest BCUT2D eigenvalue weighted by Crippen LogP contribution is -2.45. The summed E-state index contributed by atoms with van der Waals surface area (Å²) in [4.78, 5) is 24.8. The molecule has 7 heteroatoms. The van der Waals surface area contributed by atoms with E-state index in [2.05, 4.69) is 16.0 Å². The molecule has 130 valence electrons. The summed E-state index contributed by atoms with van der Waals surface area (Å²) < 4.78 is 15.0. The van der Waals surface area contributed by atoms with Crippen LogP contribution in [0.4, 0.5) is 20.6 Å². The van der Waals surface area contributed by atoms with Crippen molar-refractivity contribution in [3.63, 3.8) is 0 Å². The number of nitrogens with one attached hydrogen (secondary N) is 3. The van der Waals surface area contributed by atoms with Crippen LogP contribution in [0.15, 0.2) is 41.2 Å². The van der Waals surface area contributed by atoms with Crippen LogP contribution >= 0.6 is 0 Å². The van der Waals surface area contributed by atoms with Gasteiger partial charge in [0.05, 0.1) is 0 Å². The summed E-state index contributed by atoms with van der Waals surface area (Å²) in [6, 6.07) is 8.59. The molecule has 4 rings (SSSR count). The van der Waals surface area contributed by atoms with Gasteiger partial charge in [0.1, 0.15) is 11.5 Å². The van der Waals surface area contributed by atoms with E-state index in [0.717, 1.165) is 25.2 Å². The topological polar surface area (TPSA) is 75.2 Å². The van der Waals surface area contributed by atoms with Crippen LogP contribution in [0.3, 0.4) is 0 Å². The number of aromatic nitrogens is 1. The summed E-state index contributed by atoms with van der Waals surface area (Å²) in [5.74, 6) is 0.350. The predicted molar refractivity (Wildman–Crippen MR) is 93.5 cm³/mol. The fourth-order valence-electron chi connectivity index (χ4n) is 3.74. The lowest BCUT2D eigenvalue weighted by Gasteiger charge is -2.37. The lowest BCUT2D eigenvalue weighted by molar-refractivity contribution is 0.257. The molecule has 0 spiro atoms. The molecular weight excluding hydrogens is 323 g/mol. The van der Waals surface area contributed by atoms with Crippen LogP contribution in [0.25, 0.3) is 0 Å². The number of benzene rings is 1. The van der Waals surface area contributed by atoms with E-state index in [1.165, 1.54) is 18.2 Å². The normalized spacial score (nSPS) is 21.3. The van der Waals surface area contributed by atoms with E-state index < -0.39 is 11.8 Å². The molecule has 2 atom stereocenters. The van der Waals surface area contributed by atoms with Crippen molar-refractivity contribution in [2.45, 2.75) is 18.9 Å². The van der Waals surface area contributed by atoms with E-state index >= 15 is 0 Å². The van der Waals surface area contributed by atoms with Crippen LogP contribution in [0.2, 0.25) is 0 Å². The summed E-state index contributed by atoms with van der Waals surface area (Å²) in [6.45, 7) is 2.46. The number of halogens is 1. The van der Waals surface area contributed by atoms with Crippen molar-refractivity contribution in [2.75, 3.05) is 23.7 Å². The Labute approximate surface area is 144 Å². The first kappa shape index (κ1) is 15.8. The summed E-state index contributed by atoms with van der Waals surface area (Å²) in [5, 5.41) is 8.50. The van der Waals surface area contributed by atoms with Crippen LogP contribution in [0.5, 0.6) is 0 Å². The van der Waals surface area contributed by atoms with Crippen LogP contribution in [-0.4, -0.2) is 23.7 Å². The van der Waals surface area contributed by atoms with Gasteiger partial charge in [-0.15, -0.1) is 0 Å². The smallest absolute Gasteiger partial charge is 0.316 e. The molecule has 2 aliphatic heterocycles. The van der Waals surface area contributed by atoms with E-state index in [4.69, 9.17) is 0 Å². The zero-order valence-corrected chi connectivity index (χ0v) is 13.6. The van der Waals surface area contributed by atoms with Crippen molar-refractivity contribution in [2.24, 2.45) is 5.92 Å². The fourth-order valence-corrected chi connectivity index (χ4v) is 3.74. The van der Waals surface area contributed by atoms with E-state index in [1.54, 1.807) is 16.7 Å². The zero-order chi connectivity index (χ0) is 17.4. The monoisotopic (exact) mass is 342 g/mol. The Morgan fingerprint density at radius 3 is 2.92 bits per heavy atom. The lowest BCUT2D eigenvalue weighted by atomic mass is 9.84. The highest BCUT2D eigenvalue weighted by molar-refractivity contribution is 5.99. The third-order valence-corrected chi connectivity index (χ3v) is 4.84. The molecule has 25 heavy (non-hydrogen) atoms. The Kier molecular flexibility index (Phi) is 4.01. The molecule has 1 fully saturated rings. The van der Waals surface area contributed by atoms with Crippen LogP contribution in [0.1, 0.15) is 18.0 Å². The minimum atomic E-state index is -0.569. The molecule has 0 unspecified atom stereocenters. The minimum absolute atomic E-state index is 0.191. The molecule has 0 saturated carbocycles. The maximum absolute atomic E-state index is 13.2. The Bertz CT molecular complexity index is 880. The largest absolute Gasteiger partial charge is 0.323 e. The van der Waals surface area contributed by atoms with Crippen LogP contribution in [0, 0.1) is 11.7 Å². The number of pyridine rings is 1. The summed E-state index contributed by atoms with van der Waals surface area (Å²) in [7, 11) is 0. The van der Waals surface area contributed by atoms with Crippen molar-refractivity contribution in [3.8, 4) is 0 Å². The van der Waals surface area contributed by atoms with Crippen molar-refractivity contribution >= 4 is 17.4 Å². The third kappa shape index (κ3) is 3.15. The quantitative estimate of drug-likeness (QED) is 0.784. The van der Waals surface area contributed by atoms with Gasteiger partial charge < -0.3 is 20.5 Å². The molecule has 2 aliphatic rings. The molecular formula is C18H19FN4O2. The van der Waals surface area contributed by atoms with E-state index in [-0.39, 0.29) is 11.2 Å². The van der Waals surface area contributed by atoms with Gasteiger partial charge in [0, 0.05) is 30.4 Å². The average molecular weight is 342 g/mol. The zero-order valence-electron chi connectivity index (χ0n) is 13.6. The molecule has 3 N–H and O–H groups in total. The van der Waals surface area contributed by atoms with Gasteiger partial charge >= 0.3 is 6.03 Å². The van der Waals surface area contributed by atoms with Crippen LogP contribution in [-0.2, 0) is 6.54 Å². The van der Waals surface area contributed by atoms with Crippen molar-refractivity contribution in [3.05, 3.63) is 58.3 Å². The van der Waals surface area contributed by atoms with Gasteiger partial charge in [-0.2, -0.15) is 0 Å². The Balaban J connectivity index is 1.54. The van der Waals surface area contributed by atoms with Gasteiger partial charge in [0.15, 0.2) is 0 Å². The summed E-state index contributed by atoms with van der Waals surface area (Å²) in [6.07, 6.45) is 1.10. The predicted octanol–water partition coefficient (Wildman–Crippen LogP) is 2.34. The van der Waals surface area contributed by atoms with Gasteiger partial charge in [-0.1, -0.05) is 6.07 Å². The second-order valence-electron chi connectivity index (χ2n) is 6.63. The van der Waals surface area contributed by atoms with E-state index in [0.29, 0.717) is 24.1 Å². The van der Waals surface area contributed by atoms with Gasteiger partial charge in [-0.05, 0) is 49.2 Å². The van der Waals surface area contributed by atoms with Gasteiger partial charge in [0.25, 0.3) is 5.56 Å². The molecule has 1 saturated heterocycles. The summed E-state index contributed by atoms with van der Waals surface area (Å²) in [5.41, 5.74) is 1.38. The minimum Gasteiger partial charge on any atom is -0.316 e. The van der Waals surface area contributed by atoms with Gasteiger partial charge in [0.2, 0.25) is 0 Å². The molecule has 2 aromatic rings. The Morgan fingerprint density at radius 1 is 1.20 bits per heavy atom. The molecule has 3 heterocycles. The van der Waals surface area contributed by atoms with Crippen molar-refractivity contribution in [1.82, 2.24) is 9.88 Å². The number of hydrogen-bond acceptors (Lipinski definition) is 3. The number of amides is 2. The highest BCUT2D eigenvalue weighted by Crippen LogP contribution is 2.32. The first-order valence-corrected chi connectivity index (χ1v) is 8.38. The highest BCUT2D eigenvalue weighted by atomic mass is 19.1. The van der Waals surface area contributed by atoms with Crippen LogP contribution < -0.4 is 21.5 Å². The van der Waals surface area contributed by atoms with Crippen molar-refractivity contribution < 1.29 is 9.18 Å². The number of urea groups is 1. The number of carbonyl (C=O) groups excluding carboxylic acids is 1. The Hall–Kier alpha value is -2.67. The first-order chi connectivity index (χ1) is 12.1. The van der Waals surface area contributed by atoms with E-state index in [9.17, 15) is 14.0 Å². The third-order valence-electron chi connectivity index (χ3n) is 4.84. The number of rotatable bonds is 2. The standard InChI is InChI=1S/C18H19FN4O2/c19-13-2-1-3-14(7-13)21-18(25)22-15-4-5-16-12-6-11(8-20-9-12)10-23(16)17(15)24/h1-5,7,11-12,20H,6,8-10H2,(H2,21,22,25)/t11-,12-/m1/s1. The number of hydrogen-bond donors (Lipinski definition) is 3. The number of fused-ring (bicyclic) bond motifs is 4. The molecule has 0 radical (unpaired) electrons.